The highest BCUT2D eigenvalue weighted by Crippen LogP contribution is 2.54. The lowest BCUT2D eigenvalue weighted by atomic mass is 9.93. The van der Waals surface area contributed by atoms with E-state index in [9.17, 15) is 13.6 Å². The Labute approximate surface area is 215 Å². The lowest BCUT2D eigenvalue weighted by Gasteiger charge is -2.35. The highest BCUT2D eigenvalue weighted by atomic mass is 19.3. The van der Waals surface area contributed by atoms with Crippen molar-refractivity contribution in [3.63, 3.8) is 0 Å². The van der Waals surface area contributed by atoms with Crippen LogP contribution >= 0.6 is 0 Å². The van der Waals surface area contributed by atoms with E-state index in [1.165, 1.54) is 12.8 Å². The largest absolute Gasteiger partial charge is 0.399 e. The number of nitrogens with two attached hydrogens (primary N) is 1. The molecule has 1 spiro atoms. The van der Waals surface area contributed by atoms with Gasteiger partial charge in [-0.3, -0.25) is 9.20 Å². The molecule has 0 atom stereocenters. The number of imidazole rings is 1. The van der Waals surface area contributed by atoms with E-state index < -0.39 is 5.92 Å². The van der Waals surface area contributed by atoms with Crippen LogP contribution in [0, 0.1) is 5.41 Å². The molecule has 198 valence electrons. The Morgan fingerprint density at radius 3 is 2.32 bits per heavy atom. The predicted molar refractivity (Wildman–Crippen MR) is 143 cm³/mol. The van der Waals surface area contributed by atoms with Crippen LogP contribution in [0.5, 0.6) is 0 Å². The van der Waals surface area contributed by atoms with Crippen molar-refractivity contribution in [3.05, 3.63) is 42.2 Å². The number of hydrogen-bond donors (Lipinski definition) is 2. The lowest BCUT2D eigenvalue weighted by Crippen LogP contribution is -2.40. The summed E-state index contributed by atoms with van der Waals surface area (Å²) in [7, 11) is 0. The van der Waals surface area contributed by atoms with E-state index in [2.05, 4.69) is 20.2 Å². The maximum Gasteiger partial charge on any atom is 0.258 e. The molecule has 0 radical (unpaired) electrons. The number of hydrogen-bond acceptors (Lipinski definition) is 6. The van der Waals surface area contributed by atoms with Gasteiger partial charge in [-0.1, -0.05) is 13.8 Å². The van der Waals surface area contributed by atoms with Crippen LogP contribution in [0.4, 0.5) is 31.9 Å². The number of piperidine rings is 2. The number of nitrogens with one attached hydrogen (secondary N) is 1. The van der Waals surface area contributed by atoms with Gasteiger partial charge < -0.3 is 20.9 Å². The van der Waals surface area contributed by atoms with E-state index >= 15 is 0 Å². The number of aromatic nitrogens is 3. The molecule has 3 aromatic rings. The van der Waals surface area contributed by atoms with Crippen LogP contribution in [0.3, 0.4) is 0 Å². The van der Waals surface area contributed by atoms with Crippen molar-refractivity contribution in [2.24, 2.45) is 5.41 Å². The molecule has 1 aliphatic carbocycles. The zero-order chi connectivity index (χ0) is 26.2. The summed E-state index contributed by atoms with van der Waals surface area (Å²) >= 11 is 0. The molecule has 6 rings (SSSR count). The second-order valence-corrected chi connectivity index (χ2v) is 10.2. The number of nitrogen functional groups attached to an aromatic ring is 1. The van der Waals surface area contributed by atoms with Gasteiger partial charge in [-0.15, -0.1) is 0 Å². The first-order chi connectivity index (χ1) is 17.8. The summed E-state index contributed by atoms with van der Waals surface area (Å²) in [6.45, 7) is 6.18. The number of fused-ring (bicyclic) bond motifs is 1. The number of amides is 1. The van der Waals surface area contributed by atoms with E-state index in [0.717, 1.165) is 31.6 Å². The average molecular weight is 512 g/mol. The van der Waals surface area contributed by atoms with Gasteiger partial charge in [0.25, 0.3) is 11.8 Å². The van der Waals surface area contributed by atoms with E-state index in [1.54, 1.807) is 35.0 Å². The van der Waals surface area contributed by atoms with Crippen LogP contribution in [-0.2, 0) is 0 Å². The average Bonchev–Trinajstić information content (AvgIpc) is 3.47. The highest BCUT2D eigenvalue weighted by molar-refractivity contribution is 6.08. The Morgan fingerprint density at radius 1 is 0.973 bits per heavy atom. The summed E-state index contributed by atoms with van der Waals surface area (Å²) in [6, 6.07) is 7.04. The maximum absolute atomic E-state index is 13.7. The van der Waals surface area contributed by atoms with Gasteiger partial charge in [0.05, 0.1) is 11.3 Å². The van der Waals surface area contributed by atoms with Gasteiger partial charge in [-0.2, -0.15) is 4.98 Å². The molecular formula is C27H35F2N7O. The molecule has 1 saturated carbocycles. The SMILES string of the molecule is CC.Nc1ccc(C(=O)Nc2cc3nccn3c(N3CCC(F)(F)CC3)n2)c(N2CCC3(CC2)CC3)c1. The molecule has 4 heterocycles. The number of rotatable bonds is 4. The fourth-order valence-corrected chi connectivity index (χ4v) is 5.31. The summed E-state index contributed by atoms with van der Waals surface area (Å²) < 4.78 is 29.2. The number of halogens is 2. The lowest BCUT2D eigenvalue weighted by molar-refractivity contribution is -0.0222. The van der Waals surface area contributed by atoms with Gasteiger partial charge in [0.15, 0.2) is 0 Å². The van der Waals surface area contributed by atoms with Crippen LogP contribution in [0.1, 0.15) is 62.7 Å². The first kappa shape index (κ1) is 25.2. The van der Waals surface area contributed by atoms with Crippen molar-refractivity contribution in [1.29, 1.82) is 0 Å². The fourth-order valence-electron chi connectivity index (χ4n) is 5.31. The number of nitrogens with zero attached hydrogens (tertiary/aromatic N) is 5. The smallest absolute Gasteiger partial charge is 0.258 e. The molecule has 1 aromatic carbocycles. The minimum absolute atomic E-state index is 0.184. The Kier molecular flexibility index (Phi) is 6.68. The Morgan fingerprint density at radius 2 is 1.65 bits per heavy atom. The molecule has 37 heavy (non-hydrogen) atoms. The highest BCUT2D eigenvalue weighted by Gasteiger charge is 2.44. The zero-order valence-electron chi connectivity index (χ0n) is 21.5. The molecule has 2 saturated heterocycles. The quantitative estimate of drug-likeness (QED) is 0.468. The second-order valence-electron chi connectivity index (χ2n) is 10.2. The van der Waals surface area contributed by atoms with Crippen LogP contribution in [0.25, 0.3) is 5.65 Å². The standard InChI is InChI=1S/C25H29F2N7O.C2H6/c26-25(27)7-12-33(13-8-25)23-31-20(16-21-29-9-14-34(21)23)30-22(35)18-2-1-17(28)15-19(18)32-10-5-24(3-4-24)6-11-32;1-2/h1-2,9,14-16H,3-8,10-13,28H2,(H,30,35);1-2H3. The Hall–Kier alpha value is -3.43. The zero-order valence-corrected chi connectivity index (χ0v) is 21.5. The topological polar surface area (TPSA) is 91.8 Å². The molecular weight excluding hydrogens is 476 g/mol. The molecule has 0 unspecified atom stereocenters. The van der Waals surface area contributed by atoms with Crippen molar-refractivity contribution < 1.29 is 13.6 Å². The van der Waals surface area contributed by atoms with E-state index in [-0.39, 0.29) is 31.8 Å². The molecule has 10 heteroatoms. The molecule has 1 amide bonds. The number of alkyl halides is 2. The summed E-state index contributed by atoms with van der Waals surface area (Å²) in [6.07, 6.45) is 7.82. The number of anilines is 4. The first-order valence-electron chi connectivity index (χ1n) is 13.2. The third-order valence-electron chi connectivity index (χ3n) is 7.78. The fraction of sp³-hybridized carbons (Fsp3) is 0.519. The molecule has 2 aromatic heterocycles. The van der Waals surface area contributed by atoms with Gasteiger partial charge in [0.2, 0.25) is 5.95 Å². The molecule has 3 aliphatic rings. The first-order valence-corrected chi connectivity index (χ1v) is 13.2. The van der Waals surface area contributed by atoms with Crippen molar-refractivity contribution >= 4 is 34.7 Å². The molecule has 8 nitrogen and oxygen atoms in total. The minimum Gasteiger partial charge on any atom is -0.399 e. The summed E-state index contributed by atoms with van der Waals surface area (Å²) in [5.74, 6) is -2.12. The van der Waals surface area contributed by atoms with Gasteiger partial charge in [0, 0.05) is 63.2 Å². The second kappa shape index (κ2) is 9.79. The Bertz CT molecular complexity index is 1270. The number of carbonyl (C=O) groups is 1. The van der Waals surface area contributed by atoms with Gasteiger partial charge in [0.1, 0.15) is 11.5 Å². The van der Waals surface area contributed by atoms with Crippen molar-refractivity contribution in [2.75, 3.05) is 47.0 Å². The van der Waals surface area contributed by atoms with Crippen molar-refractivity contribution in [1.82, 2.24) is 14.4 Å². The summed E-state index contributed by atoms with van der Waals surface area (Å²) in [5, 5.41) is 2.92. The van der Waals surface area contributed by atoms with Crippen molar-refractivity contribution in [3.8, 4) is 0 Å². The Balaban J connectivity index is 0.00000137. The summed E-state index contributed by atoms with van der Waals surface area (Å²) in [5.41, 5.74) is 9.18. The third-order valence-corrected chi connectivity index (χ3v) is 7.78. The summed E-state index contributed by atoms with van der Waals surface area (Å²) in [4.78, 5) is 26.5. The number of carbonyl (C=O) groups excluding carboxylic acids is 1. The molecule has 0 bridgehead atoms. The van der Waals surface area contributed by atoms with E-state index in [1.807, 2.05) is 24.8 Å². The molecule has 2 aliphatic heterocycles. The minimum atomic E-state index is -2.66. The van der Waals surface area contributed by atoms with Crippen LogP contribution in [-0.4, -0.2) is 52.4 Å². The normalized spacial score (nSPS) is 19.9. The molecule has 3 fully saturated rings. The van der Waals surface area contributed by atoms with Crippen LogP contribution < -0.4 is 20.9 Å². The maximum atomic E-state index is 13.7. The number of benzene rings is 1. The monoisotopic (exact) mass is 511 g/mol. The third kappa shape index (κ3) is 5.19. The van der Waals surface area contributed by atoms with Crippen molar-refractivity contribution in [2.45, 2.75) is 58.3 Å². The molecule has 3 N–H and O–H groups in total. The van der Waals surface area contributed by atoms with E-state index in [4.69, 9.17) is 5.73 Å². The van der Waals surface area contributed by atoms with Crippen LogP contribution in [0.15, 0.2) is 36.7 Å². The van der Waals surface area contributed by atoms with E-state index in [0.29, 0.717) is 34.1 Å². The van der Waals surface area contributed by atoms with Crippen LogP contribution in [0.2, 0.25) is 0 Å². The van der Waals surface area contributed by atoms with Gasteiger partial charge in [-0.25, -0.2) is 13.8 Å². The van der Waals surface area contributed by atoms with Gasteiger partial charge >= 0.3 is 0 Å². The van der Waals surface area contributed by atoms with Gasteiger partial charge in [-0.05, 0) is 49.3 Å². The predicted octanol–water partition coefficient (Wildman–Crippen LogP) is 5.21.